The number of carbonyl (C=O) groups is 1. The van der Waals surface area contributed by atoms with Crippen molar-refractivity contribution in [1.82, 2.24) is 19.8 Å². The monoisotopic (exact) mass is 570 g/mol. The number of halogens is 6. The first-order valence-corrected chi connectivity index (χ1v) is 12.2. The minimum absolute atomic E-state index is 0. The molecule has 1 saturated heterocycles. The maximum Gasteiger partial charge on any atom is 0.573 e. The third-order valence-electron chi connectivity index (χ3n) is 5.59. The van der Waals surface area contributed by atoms with Crippen LogP contribution in [0.3, 0.4) is 0 Å². The number of nitrogens with zero attached hydrogens (tertiary/aromatic N) is 2. The third kappa shape index (κ3) is 5.78. The Kier molecular flexibility index (Phi) is 7.19. The Hall–Kier alpha value is -3.57. The molecular weight excluding hydrogens is 550 g/mol. The molecule has 2 heterocycles. The largest absolute Gasteiger partial charge is 0.573 e. The smallest absolute Gasteiger partial charge is 0.490 e. The lowest BCUT2D eigenvalue weighted by molar-refractivity contribution is -0.274. The molecule has 3 aromatic rings. The number of fused-ring (bicyclic) bond motifs is 1. The van der Waals surface area contributed by atoms with Crippen LogP contribution in [0.15, 0.2) is 41.3 Å². The van der Waals surface area contributed by atoms with E-state index >= 15 is 0 Å². The molecule has 4 rings (SSSR count). The van der Waals surface area contributed by atoms with E-state index in [1.165, 1.54) is 17.6 Å². The van der Waals surface area contributed by atoms with Crippen molar-refractivity contribution in [2.24, 2.45) is 0 Å². The zero-order valence-electron chi connectivity index (χ0n) is 18.9. The molecule has 3 N–H and O–H groups in total. The van der Waals surface area contributed by atoms with Crippen molar-refractivity contribution < 1.29 is 55.7 Å². The van der Waals surface area contributed by atoms with Crippen LogP contribution in [0, 0.1) is 0 Å². The van der Waals surface area contributed by atoms with Gasteiger partial charge < -0.3 is 14.5 Å². The number of rotatable bonds is 6. The van der Waals surface area contributed by atoms with Crippen LogP contribution >= 0.6 is 0 Å². The summed E-state index contributed by atoms with van der Waals surface area (Å²) in [5, 5.41) is 9.11. The predicted octanol–water partition coefficient (Wildman–Crippen LogP) is 4.08. The molecule has 1 amide bonds. The molecule has 38 heavy (non-hydrogen) atoms. The fourth-order valence-electron chi connectivity index (χ4n) is 3.92. The second kappa shape index (κ2) is 9.95. The fraction of sp³-hybridized carbons (Fsp3) is 0.333. The summed E-state index contributed by atoms with van der Waals surface area (Å²) in [6, 6.07) is 6.61. The Morgan fingerprint density at radius 3 is 2.21 bits per heavy atom. The number of ether oxygens (including phenoxy) is 2. The highest BCUT2D eigenvalue weighted by Gasteiger charge is 2.38. The summed E-state index contributed by atoms with van der Waals surface area (Å²) in [5.74, 6) is -3.03. The lowest BCUT2D eigenvalue weighted by atomic mass is 10.1. The number of sulfonamides is 1. The van der Waals surface area contributed by atoms with Gasteiger partial charge in [-0.25, -0.2) is 18.9 Å². The first-order valence-electron chi connectivity index (χ1n) is 10.8. The normalized spacial score (nSPS) is 16.0. The molecule has 0 aliphatic carbocycles. The van der Waals surface area contributed by atoms with E-state index < -0.39 is 62.1 Å². The lowest BCUT2D eigenvalue weighted by Crippen LogP contribution is -2.42. The van der Waals surface area contributed by atoms with E-state index in [2.05, 4.69) is 9.72 Å². The molecule has 0 atom stereocenters. The molecule has 1 aliphatic rings. The van der Waals surface area contributed by atoms with Crippen molar-refractivity contribution in [3.05, 3.63) is 47.8 Å². The fourth-order valence-corrected chi connectivity index (χ4v) is 5.58. The van der Waals surface area contributed by atoms with Crippen molar-refractivity contribution in [3.8, 4) is 11.5 Å². The number of amides is 1. The summed E-state index contributed by atoms with van der Waals surface area (Å²) >= 11 is 0. The van der Waals surface area contributed by atoms with Gasteiger partial charge >= 0.3 is 12.5 Å². The predicted molar refractivity (Wildman–Crippen MR) is 118 cm³/mol. The second-order valence-corrected chi connectivity index (χ2v) is 10.0. The standard InChI is InChI=1S/C21H18F6N4O6S.H2/c22-20(23,24)19-28-14-5-6-15(16(17(14)29-19)18(32)30-33)38(34,35)31-9-7-12(8-10-31)36-11-1-3-13(4-2-11)37-21(25,26)27;/h1-6,12,33H,7-10H2,(H,28,29)(H,30,32);1H. The van der Waals surface area contributed by atoms with E-state index in [4.69, 9.17) is 9.94 Å². The Labute approximate surface area is 211 Å². The van der Waals surface area contributed by atoms with Gasteiger partial charge in [-0.15, -0.1) is 13.2 Å². The van der Waals surface area contributed by atoms with Gasteiger partial charge in [0.05, 0.1) is 16.0 Å². The molecule has 1 aliphatic heterocycles. The molecular formula is C21H20F6N4O6S. The van der Waals surface area contributed by atoms with Gasteiger partial charge in [-0.3, -0.25) is 10.0 Å². The maximum atomic E-state index is 13.3. The summed E-state index contributed by atoms with van der Waals surface area (Å²) in [6.45, 7) is -0.205. The number of aromatic nitrogens is 2. The molecule has 0 saturated carbocycles. The molecule has 1 fully saturated rings. The third-order valence-corrected chi connectivity index (χ3v) is 7.53. The molecule has 0 bridgehead atoms. The van der Waals surface area contributed by atoms with E-state index in [9.17, 15) is 39.6 Å². The number of nitrogens with one attached hydrogen (secondary N) is 2. The van der Waals surface area contributed by atoms with Gasteiger partial charge in [-0.1, -0.05) is 0 Å². The van der Waals surface area contributed by atoms with Crippen LogP contribution in [0.1, 0.15) is 30.5 Å². The van der Waals surface area contributed by atoms with Crippen molar-refractivity contribution in [3.63, 3.8) is 0 Å². The minimum Gasteiger partial charge on any atom is -0.490 e. The molecule has 10 nitrogen and oxygen atoms in total. The van der Waals surface area contributed by atoms with Gasteiger partial charge in [0, 0.05) is 14.5 Å². The molecule has 0 unspecified atom stereocenters. The Bertz CT molecular complexity index is 1440. The number of hydrogen-bond donors (Lipinski definition) is 3. The zero-order valence-corrected chi connectivity index (χ0v) is 19.7. The average Bonchev–Trinajstić information content (AvgIpc) is 3.29. The van der Waals surface area contributed by atoms with Gasteiger partial charge in [0.1, 0.15) is 23.1 Å². The molecule has 1 aromatic heterocycles. The first kappa shape index (κ1) is 27.5. The summed E-state index contributed by atoms with van der Waals surface area (Å²) in [4.78, 5) is 17.0. The van der Waals surface area contributed by atoms with E-state index in [0.29, 0.717) is 0 Å². The van der Waals surface area contributed by atoms with Crippen LogP contribution in [-0.2, 0) is 16.2 Å². The van der Waals surface area contributed by atoms with Gasteiger partial charge in [-0.2, -0.15) is 17.5 Å². The minimum atomic E-state index is -4.90. The highest BCUT2D eigenvalue weighted by molar-refractivity contribution is 7.89. The van der Waals surface area contributed by atoms with Crippen LogP contribution in [-0.4, -0.2) is 59.4 Å². The summed E-state index contributed by atoms with van der Waals surface area (Å²) in [7, 11) is -4.44. The lowest BCUT2D eigenvalue weighted by Gasteiger charge is -2.31. The van der Waals surface area contributed by atoms with E-state index in [1.807, 2.05) is 4.98 Å². The van der Waals surface area contributed by atoms with Crippen molar-refractivity contribution in [2.45, 2.75) is 36.4 Å². The topological polar surface area (TPSA) is 134 Å². The first-order chi connectivity index (χ1) is 17.7. The van der Waals surface area contributed by atoms with Gasteiger partial charge in [0.15, 0.2) is 0 Å². The number of imidazole rings is 1. The van der Waals surface area contributed by atoms with Crippen molar-refractivity contribution in [1.29, 1.82) is 0 Å². The highest BCUT2D eigenvalue weighted by atomic mass is 32.2. The van der Waals surface area contributed by atoms with Crippen LogP contribution in [0.25, 0.3) is 11.0 Å². The van der Waals surface area contributed by atoms with Gasteiger partial charge in [-0.05, 0) is 49.2 Å². The quantitative estimate of drug-likeness (QED) is 0.231. The van der Waals surface area contributed by atoms with Crippen LogP contribution < -0.4 is 15.0 Å². The molecule has 0 spiro atoms. The summed E-state index contributed by atoms with van der Waals surface area (Å²) in [6.07, 6.45) is -9.94. The van der Waals surface area contributed by atoms with Gasteiger partial charge in [0.2, 0.25) is 15.8 Å². The Balaban J connectivity index is 0.00000420. The molecule has 2 aromatic carbocycles. The van der Waals surface area contributed by atoms with E-state index in [1.54, 1.807) is 0 Å². The number of carbonyl (C=O) groups excluding carboxylic acids is 1. The molecule has 0 radical (unpaired) electrons. The number of piperidine rings is 1. The van der Waals surface area contributed by atoms with Crippen LogP contribution in [0.5, 0.6) is 11.5 Å². The SMILES string of the molecule is O=C(NO)c1c(S(=O)(=O)N2CCC(Oc3ccc(OC(F)(F)F)cc3)CC2)ccc2[nH]c(C(F)(F)F)nc12.[HH]. The van der Waals surface area contributed by atoms with E-state index in [-0.39, 0.29) is 38.6 Å². The van der Waals surface area contributed by atoms with Crippen LogP contribution in [0.2, 0.25) is 0 Å². The second-order valence-electron chi connectivity index (χ2n) is 8.10. The Morgan fingerprint density at radius 1 is 1.05 bits per heavy atom. The number of H-pyrrole nitrogens is 1. The van der Waals surface area contributed by atoms with Crippen molar-refractivity contribution in [2.75, 3.05) is 13.1 Å². The van der Waals surface area contributed by atoms with Gasteiger partial charge in [0.25, 0.3) is 5.91 Å². The number of benzene rings is 2. The highest BCUT2D eigenvalue weighted by Crippen LogP contribution is 2.33. The Morgan fingerprint density at radius 2 is 1.66 bits per heavy atom. The summed E-state index contributed by atoms with van der Waals surface area (Å²) in [5.41, 5.74) is -0.394. The maximum absolute atomic E-state index is 13.3. The molecule has 17 heteroatoms. The number of hydrogen-bond acceptors (Lipinski definition) is 7. The van der Waals surface area contributed by atoms with E-state index in [0.717, 1.165) is 28.6 Å². The van der Waals surface area contributed by atoms with Crippen molar-refractivity contribution >= 4 is 27.0 Å². The number of alkyl halides is 6. The average molecular weight is 570 g/mol. The summed E-state index contributed by atoms with van der Waals surface area (Å²) < 4.78 is 113. The van der Waals surface area contributed by atoms with Crippen LogP contribution in [0.4, 0.5) is 26.3 Å². The molecule has 208 valence electrons. The zero-order chi connectivity index (χ0) is 27.9. The number of hydroxylamine groups is 1. The number of aromatic amines is 1.